The molecule has 0 unspecified atom stereocenters. The quantitative estimate of drug-likeness (QED) is 0.0422. The minimum Gasteiger partial charge on any atom is -0.349 e. The zero-order valence-electron chi connectivity index (χ0n) is 51.6. The lowest BCUT2D eigenvalue weighted by Gasteiger charge is -2.26. The van der Waals surface area contributed by atoms with Crippen LogP contribution in [0.3, 0.4) is 0 Å². The largest absolute Gasteiger partial charge is 0.349 e. The van der Waals surface area contributed by atoms with E-state index in [0.29, 0.717) is 57.6 Å². The molecule has 466 valence electrons. The Morgan fingerprint density at radius 2 is 0.758 bits per heavy atom. The van der Waals surface area contributed by atoms with Crippen molar-refractivity contribution in [3.8, 4) is 50.4 Å². The molecule has 8 N–H and O–H groups in total. The Hall–Kier alpha value is -10.8. The Bertz CT molecular complexity index is 4170. The summed E-state index contributed by atoms with van der Waals surface area (Å²) in [7, 11) is 0. The molecule has 0 radical (unpaired) electrons. The summed E-state index contributed by atoms with van der Waals surface area (Å²) in [5.41, 5.74) is 14.7. The van der Waals surface area contributed by atoms with Crippen molar-refractivity contribution < 1.29 is 28.8 Å². The van der Waals surface area contributed by atoms with Crippen LogP contribution in [0, 0.1) is 20.8 Å². The molecule has 6 heterocycles. The summed E-state index contributed by atoms with van der Waals surface area (Å²) in [4.78, 5) is 85.2. The van der Waals surface area contributed by atoms with Crippen LogP contribution in [0.4, 0.5) is 26.7 Å². The molecule has 4 aliphatic rings. The Morgan fingerprint density at radius 1 is 0.418 bits per heavy atom. The van der Waals surface area contributed by atoms with E-state index in [4.69, 9.17) is 0 Å². The summed E-state index contributed by atoms with van der Waals surface area (Å²) in [5.74, 6) is -0.275. The van der Waals surface area contributed by atoms with Gasteiger partial charge < -0.3 is 42.5 Å². The Balaban J connectivity index is 0.000000140. The number of hydrogen-bond donors (Lipinski definition) is 8. The highest BCUT2D eigenvalue weighted by Gasteiger charge is 2.27. The number of nitrogens with zero attached hydrogens (tertiary/aromatic N) is 9. The van der Waals surface area contributed by atoms with Gasteiger partial charge >= 0.3 is 12.1 Å². The van der Waals surface area contributed by atoms with Crippen LogP contribution >= 0.6 is 0 Å². The van der Waals surface area contributed by atoms with E-state index in [1.807, 2.05) is 114 Å². The third-order valence-electron chi connectivity index (χ3n) is 15.6. The van der Waals surface area contributed by atoms with Crippen LogP contribution in [-0.4, -0.2) is 110 Å². The van der Waals surface area contributed by atoms with Crippen molar-refractivity contribution in [2.24, 2.45) is 0 Å². The van der Waals surface area contributed by atoms with E-state index in [0.717, 1.165) is 119 Å². The SMILES string of the molecule is CC(=O)Nc1cncc(-n2cc(-c3cc(C(=O)NC4CC4)ccc3C)cn2)c1.Cc1ccc(C(=O)NC2CC2)cc1-c1cnn(-c2cncc(NC(=O)NC(C)C)c2)c1.Cc1ccc(C(=O)NC2CC2)cc1-c1cnn(-c2cncc(NC(=O)NC3CCC3)c2)c1. The minimum atomic E-state index is -0.285. The van der Waals surface area contributed by atoms with Crippen molar-refractivity contribution in [3.63, 3.8) is 0 Å². The molecule has 6 aromatic heterocycles. The van der Waals surface area contributed by atoms with Crippen molar-refractivity contribution in [1.29, 1.82) is 0 Å². The smallest absolute Gasteiger partial charge is 0.319 e. The molecule has 0 spiro atoms. The topological polar surface area (TPSA) is 291 Å². The van der Waals surface area contributed by atoms with Gasteiger partial charge in [-0.1, -0.05) is 18.2 Å². The average Bonchev–Trinajstić information content (AvgIpc) is 1.99. The van der Waals surface area contributed by atoms with Gasteiger partial charge in [0.25, 0.3) is 17.7 Å². The van der Waals surface area contributed by atoms with E-state index in [1.165, 1.54) is 6.92 Å². The van der Waals surface area contributed by atoms with Crippen molar-refractivity contribution in [2.75, 3.05) is 16.0 Å². The average molecular weight is 1220 g/mol. The second kappa shape index (κ2) is 27.7. The number of nitrogens with one attached hydrogen (secondary N) is 8. The maximum atomic E-state index is 12.5. The highest BCUT2D eigenvalue weighted by atomic mass is 16.2. The second-order valence-corrected chi connectivity index (χ2v) is 23.8. The standard InChI is InChI=1S/C24H26N6O2.C23H26N6O2.C21H21N5O2/c1-15-5-6-16(23(31)27-19-7-8-19)9-22(15)17-11-26-30(14-17)21-10-20(12-25-13-21)29-24(32)28-18-3-2-4-18;1-14(2)26-23(31)28-19-9-20(12-24-11-19)29-13-17(10-25-29)21-8-16(5-4-15(21)3)22(30)27-18-6-7-18;1-13-3-4-15(21(28)25-17-5-6-17)7-20(13)16-9-23-26(12-16)19-8-18(10-22-11-19)24-14(2)27/h5-6,9-14,18-19H,2-4,7-8H2,1H3,(H,27,31)(H2,28,29,32);4-5,8-14,18H,6-7H2,1-3H3,(H,27,30)(H2,26,28,31);3-4,7-12,17H,5-6H2,1-2H3,(H,24,27)(H,25,28). The number of carbonyl (C=O) groups is 6. The zero-order chi connectivity index (χ0) is 63.7. The maximum absolute atomic E-state index is 12.5. The van der Waals surface area contributed by atoms with Gasteiger partial charge in [0.2, 0.25) is 5.91 Å². The van der Waals surface area contributed by atoms with Crippen LogP contribution < -0.4 is 42.5 Å². The molecule has 91 heavy (non-hydrogen) atoms. The molecule has 3 aromatic carbocycles. The summed E-state index contributed by atoms with van der Waals surface area (Å²) < 4.78 is 5.11. The molecule has 4 saturated carbocycles. The first-order valence-electron chi connectivity index (χ1n) is 30.6. The first-order valence-corrected chi connectivity index (χ1v) is 30.6. The summed E-state index contributed by atoms with van der Waals surface area (Å²) in [6, 6.07) is 23.3. The molecular weight excluding hydrogens is 1150 g/mol. The fraction of sp³-hybridized carbons (Fsp3) is 0.294. The van der Waals surface area contributed by atoms with Gasteiger partial charge in [-0.05, 0) is 180 Å². The van der Waals surface area contributed by atoms with Gasteiger partial charge in [-0.15, -0.1) is 0 Å². The van der Waals surface area contributed by atoms with E-state index in [-0.39, 0.29) is 47.8 Å². The van der Waals surface area contributed by atoms with Gasteiger partial charge in [0, 0.05) is 89.1 Å². The van der Waals surface area contributed by atoms with Crippen LogP contribution in [0.5, 0.6) is 0 Å². The summed E-state index contributed by atoms with van der Waals surface area (Å²) >= 11 is 0. The number of carbonyl (C=O) groups excluding carboxylic acids is 6. The van der Waals surface area contributed by atoms with E-state index < -0.39 is 0 Å². The molecule has 0 saturated heterocycles. The zero-order valence-corrected chi connectivity index (χ0v) is 51.6. The van der Waals surface area contributed by atoms with E-state index in [1.54, 1.807) is 81.9 Å². The number of aromatic nitrogens is 9. The lowest BCUT2D eigenvalue weighted by molar-refractivity contribution is -0.114. The molecule has 13 rings (SSSR count). The molecule has 9 aromatic rings. The maximum Gasteiger partial charge on any atom is 0.319 e. The fourth-order valence-electron chi connectivity index (χ4n) is 9.92. The lowest BCUT2D eigenvalue weighted by atomic mass is 9.93. The first kappa shape index (κ1) is 61.8. The molecule has 4 fully saturated rings. The van der Waals surface area contributed by atoms with Crippen molar-refractivity contribution in [1.82, 2.24) is 70.9 Å². The number of rotatable bonds is 17. The van der Waals surface area contributed by atoms with Gasteiger partial charge in [-0.2, -0.15) is 15.3 Å². The molecule has 23 heteroatoms. The third kappa shape index (κ3) is 16.7. The summed E-state index contributed by atoms with van der Waals surface area (Å²) in [6.45, 7) is 11.3. The second-order valence-electron chi connectivity index (χ2n) is 23.8. The normalized spacial score (nSPS) is 14.1. The predicted octanol–water partition coefficient (Wildman–Crippen LogP) is 10.6. The predicted molar refractivity (Wildman–Crippen MR) is 347 cm³/mol. The van der Waals surface area contributed by atoms with Crippen LogP contribution in [0.1, 0.15) is 126 Å². The highest BCUT2D eigenvalue weighted by molar-refractivity contribution is 5.98. The number of amides is 8. The molecular formula is C68H73N17O6. The van der Waals surface area contributed by atoms with Gasteiger partial charge in [-0.25, -0.2) is 23.6 Å². The highest BCUT2D eigenvalue weighted by Crippen LogP contribution is 2.31. The number of benzene rings is 3. The first-order chi connectivity index (χ1) is 43.9. The van der Waals surface area contributed by atoms with Crippen LogP contribution in [0.25, 0.3) is 50.4 Å². The van der Waals surface area contributed by atoms with E-state index in [9.17, 15) is 28.8 Å². The number of hydrogen-bond acceptors (Lipinski definition) is 12. The molecule has 23 nitrogen and oxygen atoms in total. The van der Waals surface area contributed by atoms with Crippen molar-refractivity contribution in [3.05, 3.63) is 181 Å². The number of anilines is 3. The van der Waals surface area contributed by atoms with Gasteiger partial charge in [0.15, 0.2) is 0 Å². The lowest BCUT2D eigenvalue weighted by Crippen LogP contribution is -2.41. The Morgan fingerprint density at radius 3 is 1.08 bits per heavy atom. The van der Waals surface area contributed by atoms with Crippen molar-refractivity contribution in [2.45, 2.75) is 130 Å². The monoisotopic (exact) mass is 1220 g/mol. The molecule has 0 aliphatic heterocycles. The summed E-state index contributed by atoms with van der Waals surface area (Å²) in [5, 5.41) is 36.5. The Labute approximate surface area is 526 Å². The molecule has 4 aliphatic carbocycles. The van der Waals surface area contributed by atoms with Gasteiger partial charge in [0.05, 0.1) is 89.9 Å². The van der Waals surface area contributed by atoms with Crippen LogP contribution in [-0.2, 0) is 4.79 Å². The molecule has 0 atom stereocenters. The fourth-order valence-corrected chi connectivity index (χ4v) is 9.92. The Kier molecular flexibility index (Phi) is 18.8. The van der Waals surface area contributed by atoms with Gasteiger partial charge in [0.1, 0.15) is 0 Å². The number of urea groups is 2. The van der Waals surface area contributed by atoms with Crippen LogP contribution in [0.15, 0.2) is 147 Å². The van der Waals surface area contributed by atoms with Crippen molar-refractivity contribution >= 4 is 52.8 Å². The van der Waals surface area contributed by atoms with Gasteiger partial charge in [-0.3, -0.25) is 34.1 Å². The third-order valence-corrected chi connectivity index (χ3v) is 15.6. The van der Waals surface area contributed by atoms with E-state index in [2.05, 4.69) is 72.8 Å². The molecule has 0 bridgehead atoms. The molecule has 8 amide bonds. The number of pyridine rings is 3. The van der Waals surface area contributed by atoms with Crippen LogP contribution in [0.2, 0.25) is 0 Å². The summed E-state index contributed by atoms with van der Waals surface area (Å²) in [6.07, 6.45) is 30.4. The number of aryl methyl sites for hydroxylation is 3. The minimum absolute atomic E-state index is 0.0372. The van der Waals surface area contributed by atoms with E-state index >= 15 is 0 Å².